The summed E-state index contributed by atoms with van der Waals surface area (Å²) in [5, 5.41) is 7.62. The van der Waals surface area contributed by atoms with Gasteiger partial charge in [0.05, 0.1) is 0 Å². The Kier molecular flexibility index (Phi) is 4.91. The van der Waals surface area contributed by atoms with Gasteiger partial charge >= 0.3 is 0 Å². The van der Waals surface area contributed by atoms with Crippen LogP contribution >= 0.6 is 0 Å². The molecule has 0 aliphatic heterocycles. The van der Waals surface area contributed by atoms with Crippen molar-refractivity contribution >= 4 is 5.84 Å². The molecule has 0 spiro atoms. The number of hydrogen-bond donors (Lipinski definition) is 2. The Labute approximate surface area is 115 Å². The van der Waals surface area contributed by atoms with Crippen molar-refractivity contribution in [1.82, 2.24) is 9.88 Å². The first kappa shape index (κ1) is 14.0. The first-order chi connectivity index (χ1) is 9.22. The lowest BCUT2D eigenvalue weighted by atomic mass is 9.94. The molecule has 1 saturated carbocycles. The topological polar surface area (TPSA) is 66.0 Å². The Balaban J connectivity index is 2.11. The SMILES string of the molecule is CCN(Cc1cccnc1C(=N)N)C1CCCCC1. The van der Waals surface area contributed by atoms with E-state index >= 15 is 0 Å². The molecule has 1 aliphatic carbocycles. The predicted molar refractivity (Wildman–Crippen MR) is 78.2 cm³/mol. The summed E-state index contributed by atoms with van der Waals surface area (Å²) in [6.45, 7) is 4.10. The molecule has 104 valence electrons. The minimum absolute atomic E-state index is 0.0651. The first-order valence-corrected chi connectivity index (χ1v) is 7.24. The Bertz CT molecular complexity index is 424. The van der Waals surface area contributed by atoms with E-state index in [-0.39, 0.29) is 5.84 Å². The van der Waals surface area contributed by atoms with Crippen molar-refractivity contribution in [2.75, 3.05) is 6.54 Å². The van der Waals surface area contributed by atoms with Gasteiger partial charge in [0.1, 0.15) is 11.5 Å². The average molecular weight is 260 g/mol. The van der Waals surface area contributed by atoms with Gasteiger partial charge in [-0.05, 0) is 31.0 Å². The van der Waals surface area contributed by atoms with Crippen LogP contribution in [0.15, 0.2) is 18.3 Å². The molecule has 1 aromatic heterocycles. The third-order valence-corrected chi connectivity index (χ3v) is 4.02. The van der Waals surface area contributed by atoms with Crippen molar-refractivity contribution in [1.29, 1.82) is 5.41 Å². The van der Waals surface area contributed by atoms with Crippen molar-refractivity contribution in [3.05, 3.63) is 29.6 Å². The number of nitrogens with two attached hydrogens (primary N) is 1. The molecule has 1 aromatic rings. The molecule has 0 atom stereocenters. The molecule has 1 heterocycles. The van der Waals surface area contributed by atoms with Crippen LogP contribution in [0.4, 0.5) is 0 Å². The van der Waals surface area contributed by atoms with Gasteiger partial charge in [0.25, 0.3) is 0 Å². The maximum absolute atomic E-state index is 7.62. The Hall–Kier alpha value is -1.42. The van der Waals surface area contributed by atoms with E-state index in [9.17, 15) is 0 Å². The Morgan fingerprint density at radius 1 is 1.42 bits per heavy atom. The molecule has 0 aromatic carbocycles. The molecule has 1 fully saturated rings. The van der Waals surface area contributed by atoms with E-state index < -0.39 is 0 Å². The zero-order valence-corrected chi connectivity index (χ0v) is 11.7. The summed E-state index contributed by atoms with van der Waals surface area (Å²) < 4.78 is 0. The molecule has 0 radical (unpaired) electrons. The molecule has 0 saturated heterocycles. The normalized spacial score (nSPS) is 16.7. The minimum atomic E-state index is 0.0651. The lowest BCUT2D eigenvalue weighted by molar-refractivity contribution is 0.156. The number of nitrogen functional groups attached to an aromatic ring is 1. The van der Waals surface area contributed by atoms with E-state index in [1.807, 2.05) is 12.1 Å². The van der Waals surface area contributed by atoms with Crippen molar-refractivity contribution in [2.45, 2.75) is 51.6 Å². The van der Waals surface area contributed by atoms with Gasteiger partial charge in [-0.25, -0.2) is 0 Å². The predicted octanol–water partition coefficient (Wildman–Crippen LogP) is 2.52. The van der Waals surface area contributed by atoms with Gasteiger partial charge in [-0.2, -0.15) is 0 Å². The molecule has 1 aliphatic rings. The van der Waals surface area contributed by atoms with Gasteiger partial charge in [-0.15, -0.1) is 0 Å². The van der Waals surface area contributed by atoms with Crippen LogP contribution in [0.3, 0.4) is 0 Å². The van der Waals surface area contributed by atoms with Gasteiger partial charge in [-0.3, -0.25) is 15.3 Å². The first-order valence-electron chi connectivity index (χ1n) is 7.24. The summed E-state index contributed by atoms with van der Waals surface area (Å²) in [5.74, 6) is 0.0651. The van der Waals surface area contributed by atoms with E-state index in [1.165, 1.54) is 32.1 Å². The zero-order chi connectivity index (χ0) is 13.7. The van der Waals surface area contributed by atoms with Crippen LogP contribution in [0.2, 0.25) is 0 Å². The van der Waals surface area contributed by atoms with E-state index in [4.69, 9.17) is 11.1 Å². The van der Waals surface area contributed by atoms with Gasteiger partial charge in [0.15, 0.2) is 0 Å². The minimum Gasteiger partial charge on any atom is -0.382 e. The molecule has 19 heavy (non-hydrogen) atoms. The maximum Gasteiger partial charge on any atom is 0.142 e. The van der Waals surface area contributed by atoms with Gasteiger partial charge < -0.3 is 5.73 Å². The fraction of sp³-hybridized carbons (Fsp3) is 0.600. The fourth-order valence-corrected chi connectivity index (χ4v) is 2.97. The number of nitrogens with one attached hydrogen (secondary N) is 1. The van der Waals surface area contributed by atoms with E-state index in [2.05, 4.69) is 16.8 Å². The van der Waals surface area contributed by atoms with Gasteiger partial charge in [-0.1, -0.05) is 32.3 Å². The number of rotatable bonds is 5. The highest BCUT2D eigenvalue weighted by Crippen LogP contribution is 2.24. The molecular formula is C15H24N4. The fourth-order valence-electron chi connectivity index (χ4n) is 2.97. The third kappa shape index (κ3) is 3.53. The lowest BCUT2D eigenvalue weighted by Gasteiger charge is -2.33. The zero-order valence-electron chi connectivity index (χ0n) is 11.7. The summed E-state index contributed by atoms with van der Waals surface area (Å²) in [4.78, 5) is 6.74. The number of aromatic nitrogens is 1. The van der Waals surface area contributed by atoms with Crippen LogP contribution in [0.5, 0.6) is 0 Å². The summed E-state index contributed by atoms with van der Waals surface area (Å²) >= 11 is 0. The molecule has 0 unspecified atom stereocenters. The van der Waals surface area contributed by atoms with Gasteiger partial charge in [0.2, 0.25) is 0 Å². The standard InChI is InChI=1S/C15H24N4/c1-2-19(13-8-4-3-5-9-13)11-12-7-6-10-18-14(12)15(16)17/h6-7,10,13H,2-5,8-9,11H2,1H3,(H3,16,17). The highest BCUT2D eigenvalue weighted by Gasteiger charge is 2.21. The molecule has 3 N–H and O–H groups in total. The van der Waals surface area contributed by atoms with Crippen molar-refractivity contribution in [3.8, 4) is 0 Å². The van der Waals surface area contributed by atoms with Crippen LogP contribution in [0.1, 0.15) is 50.3 Å². The summed E-state index contributed by atoms with van der Waals surface area (Å²) in [7, 11) is 0. The van der Waals surface area contributed by atoms with Crippen molar-refractivity contribution in [2.24, 2.45) is 5.73 Å². The summed E-state index contributed by atoms with van der Waals surface area (Å²) in [6, 6.07) is 4.64. The third-order valence-electron chi connectivity index (χ3n) is 4.02. The monoisotopic (exact) mass is 260 g/mol. The van der Waals surface area contributed by atoms with E-state index in [0.717, 1.165) is 18.7 Å². The van der Waals surface area contributed by atoms with E-state index in [0.29, 0.717) is 11.7 Å². The second-order valence-electron chi connectivity index (χ2n) is 5.28. The highest BCUT2D eigenvalue weighted by molar-refractivity contribution is 5.94. The number of nitrogens with zero attached hydrogens (tertiary/aromatic N) is 2. The molecular weight excluding hydrogens is 236 g/mol. The lowest BCUT2D eigenvalue weighted by Crippen LogP contribution is -2.36. The summed E-state index contributed by atoms with van der Waals surface area (Å²) in [6.07, 6.45) is 8.35. The largest absolute Gasteiger partial charge is 0.382 e. The smallest absolute Gasteiger partial charge is 0.142 e. The van der Waals surface area contributed by atoms with Crippen LogP contribution < -0.4 is 5.73 Å². The maximum atomic E-state index is 7.62. The quantitative estimate of drug-likeness (QED) is 0.631. The number of amidine groups is 1. The Morgan fingerprint density at radius 2 is 2.16 bits per heavy atom. The van der Waals surface area contributed by atoms with Crippen LogP contribution in [0, 0.1) is 5.41 Å². The van der Waals surface area contributed by atoms with Crippen molar-refractivity contribution < 1.29 is 0 Å². The second-order valence-corrected chi connectivity index (χ2v) is 5.28. The highest BCUT2D eigenvalue weighted by atomic mass is 15.1. The van der Waals surface area contributed by atoms with Crippen LogP contribution in [0.25, 0.3) is 0 Å². The number of pyridine rings is 1. The van der Waals surface area contributed by atoms with Crippen LogP contribution in [-0.4, -0.2) is 28.3 Å². The molecule has 2 rings (SSSR count). The molecule has 0 amide bonds. The molecule has 4 nitrogen and oxygen atoms in total. The van der Waals surface area contributed by atoms with Crippen molar-refractivity contribution in [3.63, 3.8) is 0 Å². The molecule has 0 bridgehead atoms. The van der Waals surface area contributed by atoms with E-state index in [1.54, 1.807) is 6.20 Å². The number of hydrogen-bond acceptors (Lipinski definition) is 3. The average Bonchev–Trinajstić information content (AvgIpc) is 2.46. The second kappa shape index (κ2) is 6.66. The van der Waals surface area contributed by atoms with Crippen LogP contribution in [-0.2, 0) is 6.54 Å². The molecule has 4 heteroatoms. The summed E-state index contributed by atoms with van der Waals surface area (Å²) in [5.41, 5.74) is 7.32. The van der Waals surface area contributed by atoms with Gasteiger partial charge in [0, 0.05) is 18.8 Å². The Morgan fingerprint density at radius 3 is 2.79 bits per heavy atom.